The lowest BCUT2D eigenvalue weighted by Crippen LogP contribution is -2.24. The van der Waals surface area contributed by atoms with Gasteiger partial charge < -0.3 is 0 Å². The number of H-pyrrole nitrogens is 1. The molecule has 1 aromatic rings. The lowest BCUT2D eigenvalue weighted by molar-refractivity contribution is 0.540. The number of hydrogen-bond acceptors (Lipinski definition) is 4. The molecule has 16 heavy (non-hydrogen) atoms. The number of hydrogen-bond donors (Lipinski definition) is 1. The summed E-state index contributed by atoms with van der Waals surface area (Å²) in [6, 6.07) is 1.49. The third-order valence-corrected chi connectivity index (χ3v) is 5.48. The van der Waals surface area contributed by atoms with Gasteiger partial charge in [-0.1, -0.05) is 6.42 Å². The fourth-order valence-corrected chi connectivity index (χ4v) is 4.08. The van der Waals surface area contributed by atoms with Crippen molar-refractivity contribution in [2.75, 3.05) is 5.75 Å². The highest BCUT2D eigenvalue weighted by Gasteiger charge is 2.31. The second kappa shape index (κ2) is 4.29. The molecule has 5 nitrogen and oxygen atoms in total. The van der Waals surface area contributed by atoms with Crippen LogP contribution in [0.1, 0.15) is 30.2 Å². The Morgan fingerprint density at radius 1 is 1.44 bits per heavy atom. The lowest BCUT2D eigenvalue weighted by Gasteiger charge is -2.21. The van der Waals surface area contributed by atoms with E-state index in [9.17, 15) is 13.2 Å². The van der Waals surface area contributed by atoms with Crippen molar-refractivity contribution < 1.29 is 8.42 Å². The first-order valence-electron chi connectivity index (χ1n) is 4.97. The van der Waals surface area contributed by atoms with E-state index in [1.165, 1.54) is 6.07 Å². The van der Waals surface area contributed by atoms with Crippen LogP contribution >= 0.6 is 15.9 Å². The first kappa shape index (κ1) is 11.8. The zero-order valence-electron chi connectivity index (χ0n) is 8.44. The monoisotopic (exact) mass is 306 g/mol. The first-order valence-corrected chi connectivity index (χ1v) is 7.48. The van der Waals surface area contributed by atoms with Crippen LogP contribution in [0.15, 0.2) is 15.3 Å². The van der Waals surface area contributed by atoms with Crippen LogP contribution in [-0.4, -0.2) is 24.4 Å². The molecule has 1 fully saturated rings. The van der Waals surface area contributed by atoms with E-state index in [1.54, 1.807) is 0 Å². The molecule has 0 spiro atoms. The van der Waals surface area contributed by atoms with Gasteiger partial charge in [0.1, 0.15) is 5.25 Å². The largest absolute Gasteiger partial charge is 0.278 e. The van der Waals surface area contributed by atoms with Crippen molar-refractivity contribution in [1.82, 2.24) is 10.2 Å². The summed E-state index contributed by atoms with van der Waals surface area (Å²) in [5, 5.41) is 5.52. The molecule has 0 aliphatic carbocycles. The Morgan fingerprint density at radius 2 is 2.19 bits per heavy atom. The molecule has 2 rings (SSSR count). The predicted molar refractivity (Wildman–Crippen MR) is 62.9 cm³/mol. The van der Waals surface area contributed by atoms with E-state index in [-0.39, 0.29) is 11.3 Å². The molecule has 7 heteroatoms. The Labute approximate surface area is 101 Å². The third-order valence-electron chi connectivity index (χ3n) is 2.69. The van der Waals surface area contributed by atoms with Crippen LogP contribution in [0.5, 0.6) is 0 Å². The summed E-state index contributed by atoms with van der Waals surface area (Å²) in [7, 11) is -3.11. The fraction of sp³-hybridized carbons (Fsp3) is 0.556. The Balaban J connectivity index is 2.43. The Kier molecular flexibility index (Phi) is 3.16. The molecular formula is C9H11BrN2O3S. The number of nitrogens with zero attached hydrogens (tertiary/aromatic N) is 1. The van der Waals surface area contributed by atoms with Crippen molar-refractivity contribution in [3.63, 3.8) is 0 Å². The van der Waals surface area contributed by atoms with E-state index >= 15 is 0 Å². The highest BCUT2D eigenvalue weighted by Crippen LogP contribution is 2.32. The van der Waals surface area contributed by atoms with Crippen molar-refractivity contribution in [3.05, 3.63) is 26.6 Å². The van der Waals surface area contributed by atoms with Crippen LogP contribution in [0.25, 0.3) is 0 Å². The summed E-state index contributed by atoms with van der Waals surface area (Å²) in [5.74, 6) is 0.204. The summed E-state index contributed by atoms with van der Waals surface area (Å²) in [5.41, 5.74) is 0.0723. The minimum Gasteiger partial charge on any atom is -0.267 e. The molecule has 1 aliphatic heterocycles. The Morgan fingerprint density at radius 3 is 2.81 bits per heavy atom. The van der Waals surface area contributed by atoms with Crippen LogP contribution in [0, 0.1) is 0 Å². The summed E-state index contributed by atoms with van der Waals surface area (Å²) in [6.45, 7) is 0. The normalized spacial score (nSPS) is 24.2. The van der Waals surface area contributed by atoms with Gasteiger partial charge in [0.05, 0.1) is 15.9 Å². The van der Waals surface area contributed by atoms with Crippen molar-refractivity contribution in [3.8, 4) is 0 Å². The standard InChI is InChI=1S/C9H11BrN2O3S/c10-6-5-7(11-12-9(6)13)8-3-1-2-4-16(8,14)15/h5,8H,1-4H2,(H,12,13). The van der Waals surface area contributed by atoms with E-state index in [1.807, 2.05) is 0 Å². The number of sulfone groups is 1. The maximum atomic E-state index is 11.8. The number of aromatic amines is 1. The topological polar surface area (TPSA) is 79.9 Å². The average Bonchev–Trinajstić information content (AvgIpc) is 2.22. The minimum atomic E-state index is -3.11. The zero-order chi connectivity index (χ0) is 11.8. The van der Waals surface area contributed by atoms with E-state index in [4.69, 9.17) is 0 Å². The summed E-state index contributed by atoms with van der Waals surface area (Å²) in [6.07, 6.45) is 2.17. The van der Waals surface area contributed by atoms with E-state index < -0.39 is 15.1 Å². The van der Waals surface area contributed by atoms with Gasteiger partial charge in [0.25, 0.3) is 5.56 Å². The van der Waals surface area contributed by atoms with Gasteiger partial charge in [0.2, 0.25) is 0 Å². The molecule has 0 saturated carbocycles. The highest BCUT2D eigenvalue weighted by molar-refractivity contribution is 9.10. The number of nitrogens with one attached hydrogen (secondary N) is 1. The average molecular weight is 307 g/mol. The molecule has 0 aromatic carbocycles. The maximum absolute atomic E-state index is 11.8. The van der Waals surface area contributed by atoms with Gasteiger partial charge in [-0.05, 0) is 34.8 Å². The molecule has 1 atom stereocenters. The van der Waals surface area contributed by atoms with Gasteiger partial charge in [-0.2, -0.15) is 5.10 Å². The third kappa shape index (κ3) is 2.20. The van der Waals surface area contributed by atoms with Crippen LogP contribution in [0.4, 0.5) is 0 Å². The fourth-order valence-electron chi connectivity index (χ4n) is 1.85. The second-order valence-electron chi connectivity index (χ2n) is 3.82. The number of halogens is 1. The van der Waals surface area contributed by atoms with Gasteiger partial charge in [-0.15, -0.1) is 0 Å². The molecule has 0 amide bonds. The van der Waals surface area contributed by atoms with Gasteiger partial charge >= 0.3 is 0 Å². The van der Waals surface area contributed by atoms with E-state index in [2.05, 4.69) is 26.1 Å². The molecule has 1 aliphatic rings. The van der Waals surface area contributed by atoms with Crippen molar-refractivity contribution in [2.45, 2.75) is 24.5 Å². The lowest BCUT2D eigenvalue weighted by atomic mass is 10.1. The number of rotatable bonds is 1. The quantitative estimate of drug-likeness (QED) is 0.844. The predicted octanol–water partition coefficient (Wildman–Crippen LogP) is 1.17. The summed E-state index contributed by atoms with van der Waals surface area (Å²) < 4.78 is 24.0. The SMILES string of the molecule is O=c1[nH]nc(C2CCCCS2(=O)=O)cc1Br. The van der Waals surface area contributed by atoms with Crippen molar-refractivity contribution in [2.24, 2.45) is 0 Å². The molecular weight excluding hydrogens is 296 g/mol. The van der Waals surface area contributed by atoms with Crippen molar-refractivity contribution in [1.29, 1.82) is 0 Å². The molecule has 1 saturated heterocycles. The molecule has 88 valence electrons. The van der Waals surface area contributed by atoms with Crippen LogP contribution in [0.2, 0.25) is 0 Å². The zero-order valence-corrected chi connectivity index (χ0v) is 10.8. The number of aromatic nitrogens is 2. The van der Waals surface area contributed by atoms with Crippen LogP contribution in [-0.2, 0) is 9.84 Å². The minimum absolute atomic E-state index is 0.204. The summed E-state index contributed by atoms with van der Waals surface area (Å²) >= 11 is 3.07. The summed E-state index contributed by atoms with van der Waals surface area (Å²) in [4.78, 5) is 11.1. The maximum Gasteiger partial charge on any atom is 0.278 e. The van der Waals surface area contributed by atoms with Crippen LogP contribution < -0.4 is 5.56 Å². The van der Waals surface area contributed by atoms with Gasteiger partial charge in [-0.25, -0.2) is 13.5 Å². The van der Waals surface area contributed by atoms with E-state index in [0.717, 1.165) is 6.42 Å². The molecule has 1 aromatic heterocycles. The second-order valence-corrected chi connectivity index (χ2v) is 6.98. The van der Waals surface area contributed by atoms with Crippen LogP contribution in [0.3, 0.4) is 0 Å². The highest BCUT2D eigenvalue weighted by atomic mass is 79.9. The Hall–Kier alpha value is -0.690. The van der Waals surface area contributed by atoms with E-state index in [0.29, 0.717) is 23.0 Å². The van der Waals surface area contributed by atoms with Crippen molar-refractivity contribution >= 4 is 25.8 Å². The smallest absolute Gasteiger partial charge is 0.267 e. The molecule has 1 N–H and O–H groups in total. The Bertz CT molecular complexity index is 552. The molecule has 0 radical (unpaired) electrons. The first-order chi connectivity index (χ1) is 7.50. The molecule has 0 bridgehead atoms. The molecule has 1 unspecified atom stereocenters. The molecule has 2 heterocycles. The van der Waals surface area contributed by atoms with Gasteiger partial charge in [0, 0.05) is 0 Å². The van der Waals surface area contributed by atoms with Gasteiger partial charge in [-0.3, -0.25) is 4.79 Å². The van der Waals surface area contributed by atoms with Gasteiger partial charge in [0.15, 0.2) is 9.84 Å².